The molecule has 0 aromatic heterocycles. The monoisotopic (exact) mass is 218 g/mol. The Morgan fingerprint density at radius 1 is 1.06 bits per heavy atom. The van der Waals surface area contributed by atoms with Gasteiger partial charge in [-0.15, -0.1) is 0 Å². The number of carbonyl (C=O) groups excluding carboxylic acids is 2. The topological polar surface area (TPSA) is 49.4 Å². The van der Waals surface area contributed by atoms with Gasteiger partial charge >= 0.3 is 0 Å². The first-order valence-corrected chi connectivity index (χ1v) is 5.33. The lowest BCUT2D eigenvalue weighted by Gasteiger charge is -2.24. The van der Waals surface area contributed by atoms with Crippen molar-refractivity contribution in [2.75, 3.05) is 19.6 Å². The molecule has 4 heteroatoms. The molecule has 1 aromatic rings. The van der Waals surface area contributed by atoms with Crippen LogP contribution in [0.15, 0.2) is 30.3 Å². The highest BCUT2D eigenvalue weighted by Gasteiger charge is 2.21. The predicted molar refractivity (Wildman–Crippen MR) is 59.7 cm³/mol. The first-order chi connectivity index (χ1) is 7.74. The maximum atomic E-state index is 11.1. The summed E-state index contributed by atoms with van der Waals surface area (Å²) in [6.45, 7) is 1.38. The van der Waals surface area contributed by atoms with Crippen molar-refractivity contribution in [3.8, 4) is 0 Å². The summed E-state index contributed by atoms with van der Waals surface area (Å²) in [5.41, 5.74) is 1.22. The second kappa shape index (κ2) is 4.90. The molecule has 0 spiro atoms. The number of benzene rings is 1. The Morgan fingerprint density at radius 3 is 2.31 bits per heavy atom. The van der Waals surface area contributed by atoms with Crippen molar-refractivity contribution in [1.82, 2.24) is 10.2 Å². The highest BCUT2D eigenvalue weighted by Crippen LogP contribution is 2.02. The lowest BCUT2D eigenvalue weighted by atomic mass is 10.1. The Morgan fingerprint density at radius 2 is 1.69 bits per heavy atom. The van der Waals surface area contributed by atoms with Crippen LogP contribution in [-0.4, -0.2) is 36.3 Å². The van der Waals surface area contributed by atoms with E-state index in [1.807, 2.05) is 35.2 Å². The average Bonchev–Trinajstić information content (AvgIpc) is 2.27. The Hall–Kier alpha value is -1.68. The molecule has 4 nitrogen and oxygen atoms in total. The third-order valence-electron chi connectivity index (χ3n) is 2.57. The summed E-state index contributed by atoms with van der Waals surface area (Å²) in [5.74, 6) is -0.409. The van der Waals surface area contributed by atoms with Crippen LogP contribution in [0.1, 0.15) is 5.56 Å². The van der Waals surface area contributed by atoms with E-state index in [9.17, 15) is 9.59 Å². The number of rotatable bonds is 3. The Kier molecular flexibility index (Phi) is 3.31. The molecule has 1 heterocycles. The molecule has 16 heavy (non-hydrogen) atoms. The molecule has 1 saturated heterocycles. The largest absolute Gasteiger partial charge is 0.294 e. The fraction of sp³-hybridized carbons (Fsp3) is 0.333. The standard InChI is InChI=1S/C12H14N2O2/c15-11-8-14(9-12(16)13-11)7-6-10-4-2-1-3-5-10/h1-5H,6-9H2,(H,13,15,16). The highest BCUT2D eigenvalue weighted by atomic mass is 16.2. The molecule has 1 aliphatic heterocycles. The van der Waals surface area contributed by atoms with E-state index < -0.39 is 0 Å². The smallest absolute Gasteiger partial charge is 0.240 e. The SMILES string of the molecule is O=C1CN(CCc2ccccc2)CC(=O)N1. The third kappa shape index (κ3) is 2.90. The van der Waals surface area contributed by atoms with E-state index in [4.69, 9.17) is 0 Å². The maximum Gasteiger partial charge on any atom is 0.240 e. The lowest BCUT2D eigenvalue weighted by Crippen LogP contribution is -2.51. The Bertz CT molecular complexity index is 373. The summed E-state index contributed by atoms with van der Waals surface area (Å²) in [7, 11) is 0. The summed E-state index contributed by atoms with van der Waals surface area (Å²) >= 11 is 0. The molecule has 0 radical (unpaired) electrons. The van der Waals surface area contributed by atoms with Crippen LogP contribution < -0.4 is 5.32 Å². The van der Waals surface area contributed by atoms with Gasteiger partial charge in [-0.05, 0) is 12.0 Å². The van der Waals surface area contributed by atoms with Crippen LogP contribution in [0.2, 0.25) is 0 Å². The molecule has 0 unspecified atom stereocenters. The molecule has 1 aliphatic rings. The molecule has 2 amide bonds. The van der Waals surface area contributed by atoms with E-state index in [2.05, 4.69) is 5.32 Å². The van der Waals surface area contributed by atoms with E-state index in [-0.39, 0.29) is 11.8 Å². The second-order valence-electron chi connectivity index (χ2n) is 3.92. The van der Waals surface area contributed by atoms with Gasteiger partial charge in [0.25, 0.3) is 0 Å². The predicted octanol–water partition coefficient (Wildman–Crippen LogP) is 0.188. The number of hydrogen-bond acceptors (Lipinski definition) is 3. The first-order valence-electron chi connectivity index (χ1n) is 5.33. The number of amides is 2. The van der Waals surface area contributed by atoms with Crippen molar-refractivity contribution < 1.29 is 9.59 Å². The minimum atomic E-state index is -0.204. The summed E-state index contributed by atoms with van der Waals surface area (Å²) < 4.78 is 0. The number of nitrogens with one attached hydrogen (secondary N) is 1. The van der Waals surface area contributed by atoms with Crippen LogP contribution in [0.5, 0.6) is 0 Å². The van der Waals surface area contributed by atoms with Gasteiger partial charge in [0.2, 0.25) is 11.8 Å². The van der Waals surface area contributed by atoms with Crippen molar-refractivity contribution in [2.45, 2.75) is 6.42 Å². The van der Waals surface area contributed by atoms with Crippen molar-refractivity contribution in [3.63, 3.8) is 0 Å². The van der Waals surface area contributed by atoms with E-state index in [0.29, 0.717) is 13.1 Å². The van der Waals surface area contributed by atoms with E-state index in [1.54, 1.807) is 0 Å². The zero-order valence-electron chi connectivity index (χ0n) is 8.98. The van der Waals surface area contributed by atoms with E-state index in [1.165, 1.54) is 5.56 Å². The second-order valence-corrected chi connectivity index (χ2v) is 3.92. The van der Waals surface area contributed by atoms with Crippen molar-refractivity contribution in [3.05, 3.63) is 35.9 Å². The fourth-order valence-electron chi connectivity index (χ4n) is 1.79. The van der Waals surface area contributed by atoms with Gasteiger partial charge in [-0.2, -0.15) is 0 Å². The average molecular weight is 218 g/mol. The van der Waals surface area contributed by atoms with Crippen molar-refractivity contribution >= 4 is 11.8 Å². The maximum absolute atomic E-state index is 11.1. The number of imide groups is 1. The van der Waals surface area contributed by atoms with Gasteiger partial charge in [-0.3, -0.25) is 19.8 Å². The Labute approximate surface area is 94.2 Å². The minimum absolute atomic E-state index is 0.204. The fourth-order valence-corrected chi connectivity index (χ4v) is 1.79. The van der Waals surface area contributed by atoms with Crippen LogP contribution >= 0.6 is 0 Å². The summed E-state index contributed by atoms with van der Waals surface area (Å²) in [4.78, 5) is 24.1. The molecule has 1 N–H and O–H groups in total. The normalized spacial score (nSPS) is 17.2. The Balaban J connectivity index is 1.86. The van der Waals surface area contributed by atoms with Crippen LogP contribution in [0.25, 0.3) is 0 Å². The molecule has 0 bridgehead atoms. The van der Waals surface area contributed by atoms with Gasteiger partial charge in [0.05, 0.1) is 13.1 Å². The number of hydrogen-bond donors (Lipinski definition) is 1. The summed E-state index contributed by atoms with van der Waals surface area (Å²) in [6, 6.07) is 10.0. The molecule has 0 saturated carbocycles. The number of piperazine rings is 1. The first kappa shape index (κ1) is 10.8. The molecule has 84 valence electrons. The van der Waals surface area contributed by atoms with Crippen LogP contribution in [-0.2, 0) is 16.0 Å². The molecule has 0 aliphatic carbocycles. The van der Waals surface area contributed by atoms with Gasteiger partial charge in [0.15, 0.2) is 0 Å². The molecule has 0 atom stereocenters. The molecule has 1 fully saturated rings. The van der Waals surface area contributed by atoms with Gasteiger partial charge in [0.1, 0.15) is 0 Å². The highest BCUT2D eigenvalue weighted by molar-refractivity contribution is 5.99. The van der Waals surface area contributed by atoms with Crippen LogP contribution in [0.4, 0.5) is 0 Å². The van der Waals surface area contributed by atoms with E-state index in [0.717, 1.165) is 13.0 Å². The zero-order valence-corrected chi connectivity index (χ0v) is 8.98. The van der Waals surface area contributed by atoms with Gasteiger partial charge in [-0.25, -0.2) is 0 Å². The summed E-state index contributed by atoms with van der Waals surface area (Å²) in [6.07, 6.45) is 0.862. The zero-order chi connectivity index (χ0) is 11.4. The van der Waals surface area contributed by atoms with Gasteiger partial charge in [0, 0.05) is 6.54 Å². The molecular weight excluding hydrogens is 204 g/mol. The molecule has 1 aromatic carbocycles. The number of nitrogens with zero attached hydrogens (tertiary/aromatic N) is 1. The van der Waals surface area contributed by atoms with Crippen molar-refractivity contribution in [2.24, 2.45) is 0 Å². The minimum Gasteiger partial charge on any atom is -0.294 e. The molecule has 2 rings (SSSR count). The summed E-state index contributed by atoms with van der Waals surface area (Å²) in [5, 5.41) is 2.29. The van der Waals surface area contributed by atoms with Gasteiger partial charge in [-0.1, -0.05) is 30.3 Å². The number of carbonyl (C=O) groups is 2. The molecular formula is C12H14N2O2. The van der Waals surface area contributed by atoms with Crippen molar-refractivity contribution in [1.29, 1.82) is 0 Å². The third-order valence-corrected chi connectivity index (χ3v) is 2.57. The van der Waals surface area contributed by atoms with Gasteiger partial charge < -0.3 is 0 Å². The lowest BCUT2D eigenvalue weighted by molar-refractivity contribution is -0.135. The quantitative estimate of drug-likeness (QED) is 0.737. The van der Waals surface area contributed by atoms with E-state index >= 15 is 0 Å². The van der Waals surface area contributed by atoms with Crippen LogP contribution in [0, 0.1) is 0 Å². The van der Waals surface area contributed by atoms with Crippen LogP contribution in [0.3, 0.4) is 0 Å².